The number of halogens is 1. The number of carbonyl (C=O) groups is 1. The Balaban J connectivity index is 1.36. The molecule has 37 heavy (non-hydrogen) atoms. The van der Waals surface area contributed by atoms with E-state index in [1.807, 2.05) is 30.3 Å². The van der Waals surface area contributed by atoms with Crippen LogP contribution in [0.25, 0.3) is 10.8 Å². The summed E-state index contributed by atoms with van der Waals surface area (Å²) in [6.07, 6.45) is 0.445. The van der Waals surface area contributed by atoms with Crippen LogP contribution in [0.15, 0.2) is 84.9 Å². The molecule has 4 aromatic carbocycles. The van der Waals surface area contributed by atoms with Gasteiger partial charge in [0.15, 0.2) is 18.2 Å². The van der Waals surface area contributed by atoms with E-state index in [-0.39, 0.29) is 30.4 Å². The molecule has 0 radical (unpaired) electrons. The Labute approximate surface area is 216 Å². The van der Waals surface area contributed by atoms with Crippen molar-refractivity contribution < 1.29 is 23.4 Å². The van der Waals surface area contributed by atoms with Gasteiger partial charge in [-0.1, -0.05) is 72.8 Å². The summed E-state index contributed by atoms with van der Waals surface area (Å²) in [5.41, 5.74) is 2.68. The van der Waals surface area contributed by atoms with Crippen LogP contribution in [0.5, 0.6) is 11.5 Å². The van der Waals surface area contributed by atoms with Gasteiger partial charge in [0.25, 0.3) is 0 Å². The van der Waals surface area contributed by atoms with Crippen LogP contribution < -0.4 is 14.8 Å². The first-order valence-electron chi connectivity index (χ1n) is 12.5. The molecule has 0 fully saturated rings. The molecule has 1 aliphatic heterocycles. The van der Waals surface area contributed by atoms with E-state index >= 15 is 4.39 Å². The minimum Gasteiger partial charge on any atom is -0.489 e. The van der Waals surface area contributed by atoms with E-state index in [1.165, 1.54) is 29.5 Å². The molecule has 0 aromatic heterocycles. The van der Waals surface area contributed by atoms with Crippen LogP contribution in [0.4, 0.5) is 4.39 Å². The zero-order valence-electron chi connectivity index (χ0n) is 20.9. The number of hydrogen-bond acceptors (Lipinski definition) is 5. The van der Waals surface area contributed by atoms with Gasteiger partial charge in [0.2, 0.25) is 0 Å². The number of fused-ring (bicyclic) bond motifs is 2. The third-order valence-electron chi connectivity index (χ3n) is 6.97. The fraction of sp³-hybridized carbons (Fsp3) is 0.258. The minimum atomic E-state index is -0.562. The van der Waals surface area contributed by atoms with E-state index in [1.54, 1.807) is 12.1 Å². The highest BCUT2D eigenvalue weighted by Crippen LogP contribution is 2.42. The highest BCUT2D eigenvalue weighted by Gasteiger charge is 2.32. The van der Waals surface area contributed by atoms with Gasteiger partial charge in [0, 0.05) is 24.1 Å². The second-order valence-electron chi connectivity index (χ2n) is 9.29. The number of ether oxygens (including phenoxy) is 3. The molecule has 0 saturated heterocycles. The lowest BCUT2D eigenvalue weighted by atomic mass is 9.83. The van der Waals surface area contributed by atoms with Crippen LogP contribution in [-0.4, -0.2) is 32.3 Å². The maximum Gasteiger partial charge on any atom is 0.343 e. The largest absolute Gasteiger partial charge is 0.489 e. The minimum absolute atomic E-state index is 0.0334. The molecular formula is C31H30FNO4. The molecule has 0 aliphatic carbocycles. The summed E-state index contributed by atoms with van der Waals surface area (Å²) in [4.78, 5) is 11.5. The second kappa shape index (κ2) is 11.0. The summed E-state index contributed by atoms with van der Waals surface area (Å²) in [5.74, 6) is -0.460. The fourth-order valence-electron chi connectivity index (χ4n) is 5.06. The summed E-state index contributed by atoms with van der Waals surface area (Å²) in [6.45, 7) is 2.41. The van der Waals surface area contributed by atoms with Gasteiger partial charge in [-0.3, -0.25) is 0 Å². The van der Waals surface area contributed by atoms with Crippen molar-refractivity contribution in [2.45, 2.75) is 31.4 Å². The maximum atomic E-state index is 15.6. The maximum absolute atomic E-state index is 15.6. The highest BCUT2D eigenvalue weighted by atomic mass is 19.1. The lowest BCUT2D eigenvalue weighted by Crippen LogP contribution is -2.37. The Bertz CT molecular complexity index is 1400. The van der Waals surface area contributed by atoms with Gasteiger partial charge in [-0.25, -0.2) is 9.18 Å². The normalized spacial score (nSPS) is 17.5. The second-order valence-corrected chi connectivity index (χ2v) is 9.29. The van der Waals surface area contributed by atoms with Crippen molar-refractivity contribution in [3.8, 4) is 11.5 Å². The summed E-state index contributed by atoms with van der Waals surface area (Å²) in [7, 11) is 1.27. The standard InChI is InChI=1S/C31H30FNO4/c1-20(23-13-7-10-21-9-3-4-11-24(21)23)33-18-22-17-27(25-12-5-6-15-28(25)37-22)26-14-8-16-29(31(26)32)36-19-30(34)35-2/h3-16,20,22,27,33H,17-19H2,1-2H3. The van der Waals surface area contributed by atoms with Crippen LogP contribution in [-0.2, 0) is 9.53 Å². The van der Waals surface area contributed by atoms with E-state index in [2.05, 4.69) is 53.4 Å². The van der Waals surface area contributed by atoms with Crippen molar-refractivity contribution in [3.63, 3.8) is 0 Å². The van der Waals surface area contributed by atoms with Crippen LogP contribution >= 0.6 is 0 Å². The Morgan fingerprint density at radius 2 is 1.73 bits per heavy atom. The average Bonchev–Trinajstić information content (AvgIpc) is 2.94. The molecule has 5 rings (SSSR count). The molecule has 3 unspecified atom stereocenters. The smallest absolute Gasteiger partial charge is 0.343 e. The molecule has 1 heterocycles. The number of esters is 1. The highest BCUT2D eigenvalue weighted by molar-refractivity contribution is 5.86. The lowest BCUT2D eigenvalue weighted by Gasteiger charge is -2.33. The van der Waals surface area contributed by atoms with Crippen molar-refractivity contribution in [2.24, 2.45) is 0 Å². The number of carbonyl (C=O) groups excluding carboxylic acids is 1. The van der Waals surface area contributed by atoms with Gasteiger partial charge in [-0.2, -0.15) is 0 Å². The van der Waals surface area contributed by atoms with Crippen molar-refractivity contribution in [1.82, 2.24) is 5.32 Å². The molecule has 0 bridgehead atoms. The molecule has 0 amide bonds. The van der Waals surface area contributed by atoms with E-state index in [9.17, 15) is 4.79 Å². The third-order valence-corrected chi connectivity index (χ3v) is 6.97. The van der Waals surface area contributed by atoms with Crippen LogP contribution in [0.3, 0.4) is 0 Å². The predicted octanol–water partition coefficient (Wildman–Crippen LogP) is 6.16. The Morgan fingerprint density at radius 1 is 1.00 bits per heavy atom. The summed E-state index contributed by atoms with van der Waals surface area (Å²) < 4.78 is 31.9. The number of nitrogens with one attached hydrogen (secondary N) is 1. The summed E-state index contributed by atoms with van der Waals surface area (Å²) >= 11 is 0. The van der Waals surface area contributed by atoms with Gasteiger partial charge in [0.05, 0.1) is 7.11 Å². The van der Waals surface area contributed by atoms with Gasteiger partial charge in [0.1, 0.15) is 11.9 Å². The van der Waals surface area contributed by atoms with Crippen molar-refractivity contribution in [3.05, 3.63) is 107 Å². The Kier molecular flexibility index (Phi) is 7.37. The fourth-order valence-corrected chi connectivity index (χ4v) is 5.06. The molecular weight excluding hydrogens is 469 g/mol. The number of para-hydroxylation sites is 1. The first-order chi connectivity index (χ1) is 18.0. The van der Waals surface area contributed by atoms with Crippen LogP contribution in [0.2, 0.25) is 0 Å². The van der Waals surface area contributed by atoms with Gasteiger partial charge in [-0.15, -0.1) is 0 Å². The van der Waals surface area contributed by atoms with E-state index in [0.29, 0.717) is 18.5 Å². The van der Waals surface area contributed by atoms with Gasteiger partial charge >= 0.3 is 5.97 Å². The lowest BCUT2D eigenvalue weighted by molar-refractivity contribution is -0.142. The topological polar surface area (TPSA) is 56.8 Å². The van der Waals surface area contributed by atoms with Crippen LogP contribution in [0.1, 0.15) is 42.0 Å². The molecule has 1 aliphatic rings. The zero-order valence-corrected chi connectivity index (χ0v) is 20.9. The number of rotatable bonds is 8. The summed E-state index contributed by atoms with van der Waals surface area (Å²) in [6, 6.07) is 27.6. The van der Waals surface area contributed by atoms with Crippen molar-refractivity contribution >= 4 is 16.7 Å². The monoisotopic (exact) mass is 499 g/mol. The molecule has 1 N–H and O–H groups in total. The molecule has 5 nitrogen and oxygen atoms in total. The summed E-state index contributed by atoms with van der Waals surface area (Å²) in [5, 5.41) is 6.07. The number of benzene rings is 4. The quantitative estimate of drug-likeness (QED) is 0.294. The van der Waals surface area contributed by atoms with Gasteiger partial charge < -0.3 is 19.5 Å². The molecule has 6 heteroatoms. The zero-order chi connectivity index (χ0) is 25.8. The Morgan fingerprint density at radius 3 is 2.59 bits per heavy atom. The van der Waals surface area contributed by atoms with Crippen LogP contribution in [0, 0.1) is 5.82 Å². The molecule has 190 valence electrons. The van der Waals surface area contributed by atoms with Crippen molar-refractivity contribution in [1.29, 1.82) is 0 Å². The number of hydrogen-bond donors (Lipinski definition) is 1. The number of methoxy groups -OCH3 is 1. The third kappa shape index (κ3) is 5.30. The van der Waals surface area contributed by atoms with Crippen molar-refractivity contribution in [2.75, 3.05) is 20.3 Å². The van der Waals surface area contributed by atoms with E-state index in [0.717, 1.165) is 11.3 Å². The van der Waals surface area contributed by atoms with Gasteiger partial charge in [-0.05, 0) is 47.4 Å². The SMILES string of the molecule is COC(=O)COc1cccc(C2CC(CNC(C)c3cccc4ccccc34)Oc3ccccc32)c1F. The average molecular weight is 500 g/mol. The van der Waals surface area contributed by atoms with E-state index in [4.69, 9.17) is 9.47 Å². The van der Waals surface area contributed by atoms with E-state index < -0.39 is 11.8 Å². The molecule has 3 atom stereocenters. The molecule has 0 spiro atoms. The first-order valence-corrected chi connectivity index (χ1v) is 12.5. The predicted molar refractivity (Wildman–Crippen MR) is 142 cm³/mol. The Hall–Kier alpha value is -3.90. The first kappa shape index (κ1) is 24.8. The molecule has 4 aromatic rings. The molecule has 0 saturated carbocycles.